The fourth-order valence-electron chi connectivity index (χ4n) is 4.64. The summed E-state index contributed by atoms with van der Waals surface area (Å²) in [6.45, 7) is 8.10. The quantitative estimate of drug-likeness (QED) is 0.284. The molecule has 0 bridgehead atoms. The zero-order chi connectivity index (χ0) is 25.4. The molecule has 8 heteroatoms. The van der Waals surface area contributed by atoms with Crippen LogP contribution in [0.25, 0.3) is 27.9 Å². The summed E-state index contributed by atoms with van der Waals surface area (Å²) in [5.74, 6) is 0.378. The van der Waals surface area contributed by atoms with Gasteiger partial charge in [0.1, 0.15) is 5.82 Å². The monoisotopic (exact) mass is 500 g/mol. The van der Waals surface area contributed by atoms with E-state index in [0.29, 0.717) is 42.1 Å². The smallest absolute Gasteiger partial charge is 0.193 e. The number of sulfone groups is 1. The van der Waals surface area contributed by atoms with E-state index in [1.54, 1.807) is 17.6 Å². The van der Waals surface area contributed by atoms with Crippen molar-refractivity contribution in [2.45, 2.75) is 20.3 Å². The number of hydrogen-bond donors (Lipinski definition) is 0. The molecule has 1 aliphatic rings. The van der Waals surface area contributed by atoms with Crippen LogP contribution in [0, 0.1) is 0 Å². The van der Waals surface area contributed by atoms with E-state index in [2.05, 4.69) is 35.9 Å². The molecule has 1 aliphatic heterocycles. The number of hydrogen-bond acceptors (Lipinski definition) is 6. The summed E-state index contributed by atoms with van der Waals surface area (Å²) in [6.07, 6.45) is 2.33. The van der Waals surface area contributed by atoms with Gasteiger partial charge in [-0.2, -0.15) is 5.10 Å². The first-order valence-electron chi connectivity index (χ1n) is 12.0. The molecule has 0 atom stereocenters. The van der Waals surface area contributed by atoms with Crippen molar-refractivity contribution < 1.29 is 13.2 Å². The molecule has 4 aromatic rings. The van der Waals surface area contributed by atoms with E-state index >= 15 is 0 Å². The van der Waals surface area contributed by atoms with Gasteiger partial charge in [-0.25, -0.2) is 17.9 Å². The van der Waals surface area contributed by atoms with Crippen LogP contribution in [0.4, 0.5) is 5.82 Å². The van der Waals surface area contributed by atoms with Crippen molar-refractivity contribution in [2.24, 2.45) is 0 Å². The Labute approximate surface area is 211 Å². The average Bonchev–Trinajstić information content (AvgIpc) is 3.31. The predicted octanol–water partition coefficient (Wildman–Crippen LogP) is 4.62. The number of Topliss-reactive ketones (excluding diaryl/α,β-unsaturated/α-hetero) is 1. The number of nitrogens with zero attached hydrogens (tertiary/aromatic N) is 4. The Morgan fingerprint density at radius 2 is 1.58 bits per heavy atom. The number of benzene rings is 2. The first-order valence-corrected chi connectivity index (χ1v) is 13.8. The first-order chi connectivity index (χ1) is 17.3. The summed E-state index contributed by atoms with van der Waals surface area (Å²) >= 11 is 0. The SMILES string of the molecule is C=C(C)C(=O)c1c(N2CCS(=O)(=O)CC2)nc2c(-c3ccc(-c4ccccc4)cc3)cnn2c1CC. The Morgan fingerprint density at radius 1 is 0.972 bits per heavy atom. The lowest BCUT2D eigenvalue weighted by molar-refractivity contribution is 0.103. The highest BCUT2D eigenvalue weighted by atomic mass is 32.2. The van der Waals surface area contributed by atoms with Gasteiger partial charge in [-0.3, -0.25) is 4.79 Å². The molecule has 184 valence electrons. The Bertz CT molecular complexity index is 1560. The molecule has 36 heavy (non-hydrogen) atoms. The maximum absolute atomic E-state index is 13.3. The normalized spacial score (nSPS) is 15.2. The zero-order valence-electron chi connectivity index (χ0n) is 20.4. The van der Waals surface area contributed by atoms with Gasteiger partial charge in [0.15, 0.2) is 21.3 Å². The third kappa shape index (κ3) is 4.33. The maximum atomic E-state index is 13.3. The van der Waals surface area contributed by atoms with Crippen LogP contribution in [-0.2, 0) is 16.3 Å². The van der Waals surface area contributed by atoms with Crippen LogP contribution < -0.4 is 4.90 Å². The molecule has 7 nitrogen and oxygen atoms in total. The van der Waals surface area contributed by atoms with Gasteiger partial charge in [0.25, 0.3) is 0 Å². The second-order valence-corrected chi connectivity index (χ2v) is 11.4. The van der Waals surface area contributed by atoms with Crippen molar-refractivity contribution in [3.05, 3.63) is 84.2 Å². The zero-order valence-corrected chi connectivity index (χ0v) is 21.3. The van der Waals surface area contributed by atoms with E-state index in [1.165, 1.54) is 0 Å². The molecule has 0 aliphatic carbocycles. The summed E-state index contributed by atoms with van der Waals surface area (Å²) < 4.78 is 25.9. The van der Waals surface area contributed by atoms with Gasteiger partial charge in [-0.1, -0.05) is 68.1 Å². The molecule has 1 saturated heterocycles. The van der Waals surface area contributed by atoms with Gasteiger partial charge >= 0.3 is 0 Å². The van der Waals surface area contributed by atoms with Crippen LogP contribution in [0.2, 0.25) is 0 Å². The van der Waals surface area contributed by atoms with Crippen molar-refractivity contribution in [1.82, 2.24) is 14.6 Å². The van der Waals surface area contributed by atoms with Crippen LogP contribution in [-0.4, -0.2) is 53.4 Å². The Morgan fingerprint density at radius 3 is 2.19 bits per heavy atom. The Balaban J connectivity index is 1.66. The highest BCUT2D eigenvalue weighted by molar-refractivity contribution is 7.91. The molecule has 0 N–H and O–H groups in total. The predicted molar refractivity (Wildman–Crippen MR) is 143 cm³/mol. The van der Waals surface area contributed by atoms with Crippen LogP contribution >= 0.6 is 0 Å². The van der Waals surface area contributed by atoms with Crippen molar-refractivity contribution in [3.8, 4) is 22.3 Å². The number of rotatable bonds is 6. The minimum atomic E-state index is -3.09. The molecule has 0 spiro atoms. The van der Waals surface area contributed by atoms with Crippen LogP contribution in [0.5, 0.6) is 0 Å². The fraction of sp³-hybridized carbons (Fsp3) is 0.250. The minimum absolute atomic E-state index is 0.0368. The summed E-state index contributed by atoms with van der Waals surface area (Å²) in [5, 5.41) is 4.62. The lowest BCUT2D eigenvalue weighted by atomic mass is 10.0. The van der Waals surface area contributed by atoms with Gasteiger partial charge in [0, 0.05) is 18.7 Å². The Hall–Kier alpha value is -3.78. The molecule has 0 radical (unpaired) electrons. The van der Waals surface area contributed by atoms with E-state index in [0.717, 1.165) is 27.9 Å². The molecular formula is C28H28N4O3S. The third-order valence-electron chi connectivity index (χ3n) is 6.62. The highest BCUT2D eigenvalue weighted by Gasteiger charge is 2.30. The van der Waals surface area contributed by atoms with Crippen molar-refractivity contribution in [1.29, 1.82) is 0 Å². The fourth-order valence-corrected chi connectivity index (χ4v) is 5.84. The molecule has 1 fully saturated rings. The lowest BCUT2D eigenvalue weighted by Crippen LogP contribution is -2.41. The molecular weight excluding hydrogens is 472 g/mol. The number of aryl methyl sites for hydroxylation is 1. The van der Waals surface area contributed by atoms with Gasteiger partial charge in [-0.05, 0) is 35.6 Å². The number of aromatic nitrogens is 3. The van der Waals surface area contributed by atoms with Crippen LogP contribution in [0.15, 0.2) is 72.9 Å². The summed E-state index contributed by atoms with van der Waals surface area (Å²) in [5.41, 5.74) is 6.30. The van der Waals surface area contributed by atoms with Gasteiger partial charge in [0.05, 0.1) is 29.0 Å². The van der Waals surface area contributed by atoms with Crippen molar-refractivity contribution >= 4 is 27.1 Å². The molecule has 0 saturated carbocycles. The molecule has 3 heterocycles. The highest BCUT2D eigenvalue weighted by Crippen LogP contribution is 2.33. The van der Waals surface area contributed by atoms with Crippen LogP contribution in [0.1, 0.15) is 29.9 Å². The minimum Gasteiger partial charge on any atom is -0.354 e. The van der Waals surface area contributed by atoms with Gasteiger partial charge < -0.3 is 4.90 Å². The molecule has 2 aromatic heterocycles. The van der Waals surface area contributed by atoms with Gasteiger partial charge in [0.2, 0.25) is 0 Å². The summed E-state index contributed by atoms with van der Waals surface area (Å²) in [7, 11) is -3.09. The second kappa shape index (κ2) is 9.35. The summed E-state index contributed by atoms with van der Waals surface area (Å²) in [4.78, 5) is 20.1. The molecule has 5 rings (SSSR count). The number of carbonyl (C=O) groups excluding carboxylic acids is 1. The largest absolute Gasteiger partial charge is 0.354 e. The summed E-state index contributed by atoms with van der Waals surface area (Å²) in [6, 6.07) is 18.4. The number of anilines is 1. The number of fused-ring (bicyclic) bond motifs is 1. The second-order valence-electron chi connectivity index (χ2n) is 9.10. The molecule has 2 aromatic carbocycles. The maximum Gasteiger partial charge on any atom is 0.193 e. The van der Waals surface area contributed by atoms with E-state index in [-0.39, 0.29) is 17.3 Å². The van der Waals surface area contributed by atoms with Crippen molar-refractivity contribution in [2.75, 3.05) is 29.5 Å². The number of ketones is 1. The lowest BCUT2D eigenvalue weighted by Gasteiger charge is -2.30. The first kappa shape index (κ1) is 23.9. The van der Waals surface area contributed by atoms with E-state index in [1.807, 2.05) is 42.2 Å². The standard InChI is InChI=1S/C28H28N4O3S/c1-4-24-25(26(33)19(2)3)28(31-14-16-36(34,35)17-15-31)30-27-23(18-29-32(24)27)22-12-10-21(11-13-22)20-8-6-5-7-9-20/h5-13,18H,2,4,14-17H2,1,3H3. The number of allylic oxidation sites excluding steroid dienone is 1. The number of carbonyl (C=O) groups is 1. The van der Waals surface area contributed by atoms with E-state index in [9.17, 15) is 13.2 Å². The van der Waals surface area contributed by atoms with Gasteiger partial charge in [-0.15, -0.1) is 0 Å². The van der Waals surface area contributed by atoms with E-state index < -0.39 is 9.84 Å². The molecule has 0 unspecified atom stereocenters. The molecule has 0 amide bonds. The topological polar surface area (TPSA) is 84.6 Å². The average molecular weight is 501 g/mol. The van der Waals surface area contributed by atoms with Crippen LogP contribution in [0.3, 0.4) is 0 Å². The Kier molecular flexibility index (Phi) is 6.22. The third-order valence-corrected chi connectivity index (χ3v) is 8.23. The van der Waals surface area contributed by atoms with Crippen molar-refractivity contribution in [3.63, 3.8) is 0 Å². The van der Waals surface area contributed by atoms with E-state index in [4.69, 9.17) is 4.98 Å².